The minimum Gasteiger partial charge on any atom is -0.366 e. The normalized spacial score (nSPS) is 10.1. The number of rotatable bonds is 6. The second-order valence-corrected chi connectivity index (χ2v) is 5.84. The van der Waals surface area contributed by atoms with Gasteiger partial charge in [-0.1, -0.05) is 30.3 Å². The Hall–Kier alpha value is -4.20. The molecule has 0 spiro atoms. The number of anilines is 3. The van der Waals surface area contributed by atoms with Gasteiger partial charge in [0.1, 0.15) is 5.69 Å². The molecule has 0 aromatic heterocycles. The van der Waals surface area contributed by atoms with E-state index in [4.69, 9.17) is 5.73 Å². The minimum atomic E-state index is -0.690. The number of nitrogens with zero attached hydrogens (tertiary/aromatic N) is 1. The van der Waals surface area contributed by atoms with Crippen molar-refractivity contribution in [1.29, 1.82) is 0 Å². The quantitative estimate of drug-likeness (QED) is 0.446. The topological polar surface area (TPSA) is 127 Å². The lowest BCUT2D eigenvalue weighted by Crippen LogP contribution is -2.18. The summed E-state index contributed by atoms with van der Waals surface area (Å²) in [5.41, 5.74) is 6.43. The number of nitro groups is 1. The molecule has 0 bridgehead atoms. The first-order valence-electron chi connectivity index (χ1n) is 8.26. The Labute approximate surface area is 160 Å². The van der Waals surface area contributed by atoms with E-state index >= 15 is 0 Å². The molecule has 8 heteroatoms. The Balaban J connectivity index is 1.89. The third-order valence-corrected chi connectivity index (χ3v) is 3.95. The molecule has 140 valence electrons. The van der Waals surface area contributed by atoms with Gasteiger partial charge >= 0.3 is 0 Å². The minimum absolute atomic E-state index is 0.0737. The van der Waals surface area contributed by atoms with Crippen LogP contribution in [0.4, 0.5) is 22.7 Å². The molecule has 0 saturated heterocycles. The van der Waals surface area contributed by atoms with E-state index in [1.807, 2.05) is 6.07 Å². The summed E-state index contributed by atoms with van der Waals surface area (Å²) in [7, 11) is 0. The zero-order valence-electron chi connectivity index (χ0n) is 14.6. The molecule has 0 unspecified atom stereocenters. The first-order chi connectivity index (χ1) is 13.5. The zero-order valence-corrected chi connectivity index (χ0v) is 14.6. The molecule has 0 heterocycles. The van der Waals surface area contributed by atoms with Crippen molar-refractivity contribution in [3.8, 4) is 0 Å². The summed E-state index contributed by atoms with van der Waals surface area (Å²) >= 11 is 0. The number of amides is 2. The van der Waals surface area contributed by atoms with Crippen LogP contribution < -0.4 is 16.4 Å². The van der Waals surface area contributed by atoms with Gasteiger partial charge in [-0.25, -0.2) is 0 Å². The fraction of sp³-hybridized carbons (Fsp3) is 0. The average molecular weight is 376 g/mol. The Morgan fingerprint density at radius 2 is 1.57 bits per heavy atom. The van der Waals surface area contributed by atoms with Crippen LogP contribution in [0.3, 0.4) is 0 Å². The Morgan fingerprint density at radius 1 is 0.893 bits per heavy atom. The number of nitro benzene ring substituents is 1. The number of hydrogen-bond donors (Lipinski definition) is 3. The molecule has 3 aromatic carbocycles. The van der Waals surface area contributed by atoms with Crippen LogP contribution in [0.25, 0.3) is 0 Å². The number of carbonyl (C=O) groups is 2. The molecule has 0 atom stereocenters. The summed E-state index contributed by atoms with van der Waals surface area (Å²) < 4.78 is 0. The maximum absolute atomic E-state index is 12.5. The number of nitrogens with two attached hydrogens (primary N) is 1. The van der Waals surface area contributed by atoms with Crippen LogP contribution in [0.2, 0.25) is 0 Å². The summed E-state index contributed by atoms with van der Waals surface area (Å²) in [5, 5.41) is 17.0. The first-order valence-corrected chi connectivity index (χ1v) is 8.26. The van der Waals surface area contributed by atoms with E-state index in [2.05, 4.69) is 10.6 Å². The van der Waals surface area contributed by atoms with Gasteiger partial charge in [0.15, 0.2) is 0 Å². The highest BCUT2D eigenvalue weighted by Crippen LogP contribution is 2.29. The molecule has 0 radical (unpaired) electrons. The van der Waals surface area contributed by atoms with Gasteiger partial charge in [0.2, 0.25) is 0 Å². The lowest BCUT2D eigenvalue weighted by atomic mass is 10.1. The van der Waals surface area contributed by atoms with Crippen molar-refractivity contribution in [2.24, 2.45) is 5.73 Å². The maximum Gasteiger partial charge on any atom is 0.293 e. The lowest BCUT2D eigenvalue weighted by Gasteiger charge is -2.11. The number of carbonyl (C=O) groups excluding carboxylic acids is 2. The number of nitrogens with one attached hydrogen (secondary N) is 2. The molecule has 0 aliphatic carbocycles. The molecule has 3 aromatic rings. The average Bonchev–Trinajstić information content (AvgIpc) is 2.69. The molecule has 3 rings (SSSR count). The Morgan fingerprint density at radius 3 is 2.25 bits per heavy atom. The zero-order chi connectivity index (χ0) is 20.1. The third-order valence-electron chi connectivity index (χ3n) is 3.95. The lowest BCUT2D eigenvalue weighted by molar-refractivity contribution is -0.383. The highest BCUT2D eigenvalue weighted by atomic mass is 16.6. The molecular weight excluding hydrogens is 360 g/mol. The predicted molar refractivity (Wildman–Crippen MR) is 106 cm³/mol. The molecule has 8 nitrogen and oxygen atoms in total. The van der Waals surface area contributed by atoms with Crippen LogP contribution in [0.1, 0.15) is 20.7 Å². The SMILES string of the molecule is NC(=O)c1ccccc1NC(=O)c1ccc(Nc2ccccc2)c([N+](=O)[O-])c1. The molecular formula is C20H16N4O4. The number of hydrogen-bond acceptors (Lipinski definition) is 5. The van der Waals surface area contributed by atoms with Crippen LogP contribution in [-0.4, -0.2) is 16.7 Å². The molecule has 2 amide bonds. The summed E-state index contributed by atoms with van der Waals surface area (Å²) in [4.78, 5) is 34.9. The van der Waals surface area contributed by atoms with Crippen LogP contribution in [0.5, 0.6) is 0 Å². The van der Waals surface area contributed by atoms with Gasteiger partial charge < -0.3 is 16.4 Å². The largest absolute Gasteiger partial charge is 0.366 e. The number of para-hydroxylation sites is 2. The van der Waals surface area contributed by atoms with Gasteiger partial charge in [0.25, 0.3) is 17.5 Å². The van der Waals surface area contributed by atoms with Gasteiger partial charge in [-0.2, -0.15) is 0 Å². The predicted octanol–water partition coefficient (Wildman–Crippen LogP) is 3.69. The van der Waals surface area contributed by atoms with Crippen molar-refractivity contribution < 1.29 is 14.5 Å². The van der Waals surface area contributed by atoms with Gasteiger partial charge in [-0.3, -0.25) is 19.7 Å². The molecule has 4 N–H and O–H groups in total. The Bertz CT molecular complexity index is 1050. The fourth-order valence-electron chi connectivity index (χ4n) is 2.61. The second kappa shape index (κ2) is 8.00. The van der Waals surface area contributed by atoms with Crippen LogP contribution >= 0.6 is 0 Å². The maximum atomic E-state index is 12.5. The molecule has 0 aliphatic rings. The van der Waals surface area contributed by atoms with Crippen molar-refractivity contribution >= 4 is 34.6 Å². The van der Waals surface area contributed by atoms with E-state index in [0.29, 0.717) is 5.69 Å². The van der Waals surface area contributed by atoms with Gasteiger partial charge in [0.05, 0.1) is 16.2 Å². The Kier molecular flexibility index (Phi) is 5.31. The van der Waals surface area contributed by atoms with Gasteiger partial charge in [0, 0.05) is 17.3 Å². The molecule has 28 heavy (non-hydrogen) atoms. The van der Waals surface area contributed by atoms with Crippen molar-refractivity contribution in [2.75, 3.05) is 10.6 Å². The summed E-state index contributed by atoms with van der Waals surface area (Å²) in [6.45, 7) is 0. The second-order valence-electron chi connectivity index (χ2n) is 5.84. The molecule has 0 fully saturated rings. The number of benzene rings is 3. The van der Waals surface area contributed by atoms with Crippen molar-refractivity contribution in [3.05, 3.63) is 94.0 Å². The van der Waals surface area contributed by atoms with Crippen LogP contribution in [-0.2, 0) is 0 Å². The smallest absolute Gasteiger partial charge is 0.293 e. The summed E-state index contributed by atoms with van der Waals surface area (Å²) in [5.74, 6) is -1.28. The monoisotopic (exact) mass is 376 g/mol. The van der Waals surface area contributed by atoms with Crippen LogP contribution in [0.15, 0.2) is 72.8 Å². The highest BCUT2D eigenvalue weighted by Gasteiger charge is 2.19. The standard InChI is InChI=1S/C20H16N4O4/c21-19(25)15-8-4-5-9-16(15)23-20(26)13-10-11-17(18(12-13)24(27)28)22-14-6-2-1-3-7-14/h1-12,22H,(H2,21,25)(H,23,26). The van der Waals surface area contributed by atoms with Crippen LogP contribution in [0, 0.1) is 10.1 Å². The third kappa shape index (κ3) is 4.13. The summed E-state index contributed by atoms with van der Waals surface area (Å²) in [6.07, 6.45) is 0. The van der Waals surface area contributed by atoms with E-state index < -0.39 is 16.7 Å². The van der Waals surface area contributed by atoms with Crippen molar-refractivity contribution in [2.45, 2.75) is 0 Å². The van der Waals surface area contributed by atoms with E-state index in [1.54, 1.807) is 36.4 Å². The summed E-state index contributed by atoms with van der Waals surface area (Å²) in [6, 6.07) is 19.3. The van der Waals surface area contributed by atoms with Gasteiger partial charge in [-0.15, -0.1) is 0 Å². The molecule has 0 aliphatic heterocycles. The molecule has 0 saturated carbocycles. The number of primary amides is 1. The van der Waals surface area contributed by atoms with E-state index in [9.17, 15) is 19.7 Å². The first kappa shape index (κ1) is 18.6. The van der Waals surface area contributed by atoms with Gasteiger partial charge in [-0.05, 0) is 36.4 Å². The van der Waals surface area contributed by atoms with E-state index in [1.165, 1.54) is 30.3 Å². The van der Waals surface area contributed by atoms with Crippen molar-refractivity contribution in [3.63, 3.8) is 0 Å². The van der Waals surface area contributed by atoms with E-state index in [0.717, 1.165) is 0 Å². The fourth-order valence-corrected chi connectivity index (χ4v) is 2.61. The highest BCUT2D eigenvalue weighted by molar-refractivity contribution is 6.09. The van der Waals surface area contributed by atoms with E-state index in [-0.39, 0.29) is 28.2 Å². The van der Waals surface area contributed by atoms with Crippen molar-refractivity contribution in [1.82, 2.24) is 0 Å².